The number of carbonyl (C=O) groups excluding carboxylic acids is 1. The van der Waals surface area contributed by atoms with Crippen LogP contribution in [0.4, 0.5) is 0 Å². The maximum Gasteiger partial charge on any atom is 0.196 e. The number of hydrogen-bond donors (Lipinski definition) is 0. The Morgan fingerprint density at radius 3 is 2.60 bits per heavy atom. The maximum atomic E-state index is 12.4. The second-order valence-corrected chi connectivity index (χ2v) is 4.88. The number of rotatable bonds is 2. The second kappa shape index (κ2) is 5.33. The Kier molecular flexibility index (Phi) is 3.38. The summed E-state index contributed by atoms with van der Waals surface area (Å²) in [6.45, 7) is 2.47. The van der Waals surface area contributed by atoms with E-state index in [4.69, 9.17) is 4.74 Å². The minimum atomic E-state index is 0.0615. The van der Waals surface area contributed by atoms with Gasteiger partial charge in [0.25, 0.3) is 0 Å². The van der Waals surface area contributed by atoms with E-state index in [2.05, 4.69) is 19.1 Å². The molecule has 1 aliphatic heterocycles. The number of benzene rings is 2. The van der Waals surface area contributed by atoms with Crippen molar-refractivity contribution < 1.29 is 9.53 Å². The van der Waals surface area contributed by atoms with Crippen molar-refractivity contribution in [2.24, 2.45) is 0 Å². The molecule has 0 bridgehead atoms. The molecule has 0 aromatic heterocycles. The van der Waals surface area contributed by atoms with Crippen LogP contribution in [0, 0.1) is 0 Å². The zero-order valence-corrected chi connectivity index (χ0v) is 11.4. The molecule has 2 nitrogen and oxygen atoms in total. The minimum absolute atomic E-state index is 0.0615. The number of ether oxygens (including phenoxy) is 1. The summed E-state index contributed by atoms with van der Waals surface area (Å²) in [5, 5.41) is 0. The van der Waals surface area contributed by atoms with Crippen LogP contribution in [0.3, 0.4) is 0 Å². The molecule has 0 saturated heterocycles. The van der Waals surface area contributed by atoms with E-state index in [0.717, 1.165) is 12.0 Å². The Labute approximate surface area is 118 Å². The largest absolute Gasteiger partial charge is 0.488 e. The molecule has 3 rings (SSSR count). The minimum Gasteiger partial charge on any atom is -0.488 e. The van der Waals surface area contributed by atoms with Gasteiger partial charge in [-0.05, 0) is 35.8 Å². The van der Waals surface area contributed by atoms with Crippen LogP contribution in [0.5, 0.6) is 5.75 Å². The van der Waals surface area contributed by atoms with Crippen LogP contribution in [0.15, 0.2) is 54.1 Å². The van der Waals surface area contributed by atoms with Crippen molar-refractivity contribution in [2.75, 3.05) is 6.61 Å². The lowest BCUT2D eigenvalue weighted by molar-refractivity contribution is 0.100. The van der Waals surface area contributed by atoms with Crippen molar-refractivity contribution in [1.82, 2.24) is 0 Å². The normalized spacial score (nSPS) is 15.8. The third-order valence-corrected chi connectivity index (χ3v) is 3.54. The van der Waals surface area contributed by atoms with Crippen LogP contribution in [0.1, 0.15) is 28.4 Å². The summed E-state index contributed by atoms with van der Waals surface area (Å²) in [6.07, 6.45) is 2.93. The second-order valence-electron chi connectivity index (χ2n) is 4.88. The first-order valence-corrected chi connectivity index (χ1v) is 6.84. The fourth-order valence-corrected chi connectivity index (χ4v) is 2.33. The van der Waals surface area contributed by atoms with E-state index in [1.54, 1.807) is 0 Å². The van der Waals surface area contributed by atoms with Gasteiger partial charge in [0, 0.05) is 5.57 Å². The van der Waals surface area contributed by atoms with E-state index < -0.39 is 0 Å². The van der Waals surface area contributed by atoms with Gasteiger partial charge in [0.1, 0.15) is 12.4 Å². The molecule has 2 aromatic rings. The lowest BCUT2D eigenvalue weighted by Gasteiger charge is -2.18. The van der Waals surface area contributed by atoms with Crippen molar-refractivity contribution in [3.8, 4) is 5.75 Å². The van der Waals surface area contributed by atoms with Crippen LogP contribution in [-0.4, -0.2) is 12.4 Å². The summed E-state index contributed by atoms with van der Waals surface area (Å²) < 4.78 is 5.63. The molecular weight excluding hydrogens is 248 g/mol. The Morgan fingerprint density at radius 2 is 1.85 bits per heavy atom. The zero-order valence-electron chi connectivity index (χ0n) is 11.4. The Hall–Kier alpha value is -2.35. The Bertz CT molecular complexity index is 666. The fourth-order valence-electron chi connectivity index (χ4n) is 2.33. The molecule has 0 amide bonds. The number of Topliss-reactive ketones (excluding diaryl/α,β-unsaturated/α-hetero) is 1. The molecular formula is C18H16O2. The van der Waals surface area contributed by atoms with E-state index in [1.165, 1.54) is 5.56 Å². The standard InChI is InChI=1S/C18H16O2/c1-2-13-7-9-14(10-8-13)11-15-12-20-17-6-4-3-5-16(17)18(15)19/h3-11H,2,12H2,1H3. The SMILES string of the molecule is CCc1ccc(C=C2COc3ccccc3C2=O)cc1. The summed E-state index contributed by atoms with van der Waals surface area (Å²) in [4.78, 5) is 12.4. The first-order chi connectivity index (χ1) is 9.78. The smallest absolute Gasteiger partial charge is 0.196 e. The highest BCUT2D eigenvalue weighted by molar-refractivity contribution is 6.14. The van der Waals surface area contributed by atoms with Crippen LogP contribution in [0.2, 0.25) is 0 Å². The van der Waals surface area contributed by atoms with Gasteiger partial charge in [-0.25, -0.2) is 0 Å². The van der Waals surface area contributed by atoms with Crippen molar-refractivity contribution in [1.29, 1.82) is 0 Å². The average molecular weight is 264 g/mol. The highest BCUT2D eigenvalue weighted by Gasteiger charge is 2.22. The monoisotopic (exact) mass is 264 g/mol. The third-order valence-electron chi connectivity index (χ3n) is 3.54. The molecule has 0 saturated carbocycles. The summed E-state index contributed by atoms with van der Waals surface area (Å²) >= 11 is 0. The van der Waals surface area contributed by atoms with Crippen LogP contribution >= 0.6 is 0 Å². The summed E-state index contributed by atoms with van der Waals surface area (Å²) in [5.41, 5.74) is 3.68. The molecule has 2 heteroatoms. The number of hydrogen-bond acceptors (Lipinski definition) is 2. The molecule has 0 unspecified atom stereocenters. The van der Waals surface area contributed by atoms with E-state index in [9.17, 15) is 4.79 Å². The molecule has 0 fully saturated rings. The zero-order chi connectivity index (χ0) is 13.9. The third kappa shape index (κ3) is 2.37. The number of aryl methyl sites for hydroxylation is 1. The van der Waals surface area contributed by atoms with Crippen molar-refractivity contribution >= 4 is 11.9 Å². The predicted molar refractivity (Wildman–Crippen MR) is 80.1 cm³/mol. The Morgan fingerprint density at radius 1 is 1.10 bits per heavy atom. The van der Waals surface area contributed by atoms with Crippen molar-refractivity contribution in [3.63, 3.8) is 0 Å². The van der Waals surface area contributed by atoms with E-state index >= 15 is 0 Å². The van der Waals surface area contributed by atoms with Gasteiger partial charge in [-0.2, -0.15) is 0 Å². The maximum absolute atomic E-state index is 12.4. The first-order valence-electron chi connectivity index (χ1n) is 6.84. The number of fused-ring (bicyclic) bond motifs is 1. The summed E-state index contributed by atoms with van der Waals surface area (Å²) in [5.74, 6) is 0.738. The van der Waals surface area contributed by atoms with Gasteiger partial charge in [-0.3, -0.25) is 4.79 Å². The lowest BCUT2D eigenvalue weighted by atomic mass is 9.98. The quantitative estimate of drug-likeness (QED) is 0.769. The van der Waals surface area contributed by atoms with Gasteiger partial charge in [-0.15, -0.1) is 0 Å². The molecule has 0 spiro atoms. The van der Waals surface area contributed by atoms with Gasteiger partial charge in [0.05, 0.1) is 5.56 Å². The van der Waals surface area contributed by atoms with E-state index in [1.807, 2.05) is 42.5 Å². The number of para-hydroxylation sites is 1. The van der Waals surface area contributed by atoms with Gasteiger partial charge in [0.15, 0.2) is 5.78 Å². The number of ketones is 1. The molecule has 100 valence electrons. The summed E-state index contributed by atoms with van der Waals surface area (Å²) in [6, 6.07) is 15.6. The van der Waals surface area contributed by atoms with Gasteiger partial charge >= 0.3 is 0 Å². The highest BCUT2D eigenvalue weighted by atomic mass is 16.5. The fraction of sp³-hybridized carbons (Fsp3) is 0.167. The van der Waals surface area contributed by atoms with Crippen LogP contribution in [0.25, 0.3) is 6.08 Å². The molecule has 0 radical (unpaired) electrons. The topological polar surface area (TPSA) is 26.3 Å². The highest BCUT2D eigenvalue weighted by Crippen LogP contribution is 2.27. The Balaban J connectivity index is 1.91. The van der Waals surface area contributed by atoms with Crippen molar-refractivity contribution in [2.45, 2.75) is 13.3 Å². The van der Waals surface area contributed by atoms with E-state index in [-0.39, 0.29) is 5.78 Å². The molecule has 2 aromatic carbocycles. The van der Waals surface area contributed by atoms with E-state index in [0.29, 0.717) is 23.5 Å². The predicted octanol–water partition coefficient (Wildman–Crippen LogP) is 3.91. The molecule has 1 heterocycles. The van der Waals surface area contributed by atoms with Crippen LogP contribution < -0.4 is 4.74 Å². The summed E-state index contributed by atoms with van der Waals surface area (Å²) in [7, 11) is 0. The van der Waals surface area contributed by atoms with Gasteiger partial charge < -0.3 is 4.74 Å². The molecule has 0 aliphatic carbocycles. The molecule has 1 aliphatic rings. The average Bonchev–Trinajstić information content (AvgIpc) is 2.51. The van der Waals surface area contributed by atoms with Crippen molar-refractivity contribution in [3.05, 3.63) is 70.8 Å². The molecule has 0 N–H and O–H groups in total. The first kappa shape index (κ1) is 12.7. The van der Waals surface area contributed by atoms with Crippen LogP contribution in [-0.2, 0) is 6.42 Å². The lowest BCUT2D eigenvalue weighted by Crippen LogP contribution is -2.18. The molecule has 20 heavy (non-hydrogen) atoms. The number of carbonyl (C=O) groups is 1. The van der Waals surface area contributed by atoms with Gasteiger partial charge in [0.2, 0.25) is 0 Å². The molecule has 0 atom stereocenters. The van der Waals surface area contributed by atoms with Gasteiger partial charge in [-0.1, -0.05) is 43.3 Å².